The second-order valence-corrected chi connectivity index (χ2v) is 5.82. The van der Waals surface area contributed by atoms with Gasteiger partial charge < -0.3 is 10.3 Å². The van der Waals surface area contributed by atoms with Crippen molar-refractivity contribution in [2.75, 3.05) is 0 Å². The minimum absolute atomic E-state index is 0.0435. The standard InChI is InChI=1S/C16H21N3O/c1-3-11(2)13(17)14-18-15(19-20-14)16(9-10-16)12-7-5-4-6-8-12/h4-8,11,13H,3,9-10,17H2,1-2H3/t11?,13-/m0/s1. The number of benzene rings is 1. The molecule has 1 unspecified atom stereocenters. The zero-order valence-electron chi connectivity index (χ0n) is 12.0. The number of hydrogen-bond donors (Lipinski definition) is 1. The highest BCUT2D eigenvalue weighted by Crippen LogP contribution is 2.52. The third-order valence-corrected chi connectivity index (χ3v) is 4.49. The molecule has 1 aliphatic rings. The Labute approximate surface area is 119 Å². The van der Waals surface area contributed by atoms with Crippen molar-refractivity contribution >= 4 is 0 Å². The van der Waals surface area contributed by atoms with Crippen LogP contribution in [0.2, 0.25) is 0 Å². The molecule has 2 N–H and O–H groups in total. The van der Waals surface area contributed by atoms with Gasteiger partial charge in [-0.2, -0.15) is 4.98 Å². The van der Waals surface area contributed by atoms with Gasteiger partial charge in [0, 0.05) is 0 Å². The lowest BCUT2D eigenvalue weighted by Crippen LogP contribution is -2.19. The average molecular weight is 271 g/mol. The highest BCUT2D eigenvalue weighted by Gasteiger charge is 2.50. The third-order valence-electron chi connectivity index (χ3n) is 4.49. The van der Waals surface area contributed by atoms with Crippen molar-refractivity contribution in [2.45, 2.75) is 44.6 Å². The molecule has 4 heteroatoms. The maximum atomic E-state index is 6.17. The maximum Gasteiger partial charge on any atom is 0.243 e. The molecule has 1 fully saturated rings. The third kappa shape index (κ3) is 2.14. The van der Waals surface area contributed by atoms with Crippen molar-refractivity contribution in [2.24, 2.45) is 11.7 Å². The summed E-state index contributed by atoms with van der Waals surface area (Å²) in [5.74, 6) is 1.70. The fraction of sp³-hybridized carbons (Fsp3) is 0.500. The van der Waals surface area contributed by atoms with Gasteiger partial charge in [0.05, 0.1) is 11.5 Å². The molecule has 1 aliphatic carbocycles. The molecular weight excluding hydrogens is 250 g/mol. The molecule has 0 saturated heterocycles. The van der Waals surface area contributed by atoms with Crippen molar-refractivity contribution in [3.05, 3.63) is 47.6 Å². The van der Waals surface area contributed by atoms with Gasteiger partial charge in [-0.1, -0.05) is 55.8 Å². The van der Waals surface area contributed by atoms with Gasteiger partial charge in [-0.05, 0) is 24.3 Å². The Hall–Kier alpha value is -1.68. The van der Waals surface area contributed by atoms with Crippen LogP contribution in [-0.4, -0.2) is 10.1 Å². The van der Waals surface area contributed by atoms with Crippen molar-refractivity contribution in [1.29, 1.82) is 0 Å². The molecule has 3 rings (SSSR count). The summed E-state index contributed by atoms with van der Waals surface area (Å²) >= 11 is 0. The highest BCUT2D eigenvalue weighted by atomic mass is 16.5. The quantitative estimate of drug-likeness (QED) is 0.907. The van der Waals surface area contributed by atoms with Crippen LogP contribution in [0.5, 0.6) is 0 Å². The van der Waals surface area contributed by atoms with Crippen molar-refractivity contribution in [1.82, 2.24) is 10.1 Å². The summed E-state index contributed by atoms with van der Waals surface area (Å²) in [5.41, 5.74) is 7.39. The maximum absolute atomic E-state index is 6.17. The molecule has 1 aromatic heterocycles. The van der Waals surface area contributed by atoms with Crippen molar-refractivity contribution in [3.63, 3.8) is 0 Å². The van der Waals surface area contributed by atoms with E-state index in [1.54, 1.807) is 0 Å². The lowest BCUT2D eigenvalue weighted by Gasteiger charge is -2.13. The monoisotopic (exact) mass is 271 g/mol. The molecule has 20 heavy (non-hydrogen) atoms. The Morgan fingerprint density at radius 1 is 1.30 bits per heavy atom. The van der Waals surface area contributed by atoms with Crippen LogP contribution in [-0.2, 0) is 5.41 Å². The second kappa shape index (κ2) is 5.02. The molecule has 1 heterocycles. The first kappa shape index (κ1) is 13.3. The summed E-state index contributed by atoms with van der Waals surface area (Å²) in [4.78, 5) is 4.59. The van der Waals surface area contributed by atoms with Gasteiger partial charge in [0.15, 0.2) is 5.82 Å². The first-order valence-electron chi connectivity index (χ1n) is 7.32. The first-order valence-corrected chi connectivity index (χ1v) is 7.32. The van der Waals surface area contributed by atoms with Crippen LogP contribution in [0.3, 0.4) is 0 Å². The molecule has 2 aromatic rings. The molecule has 1 saturated carbocycles. The zero-order chi connectivity index (χ0) is 14.2. The summed E-state index contributed by atoms with van der Waals surface area (Å²) in [6.07, 6.45) is 3.16. The molecule has 1 aromatic carbocycles. The van der Waals surface area contributed by atoms with Crippen LogP contribution in [0.25, 0.3) is 0 Å². The van der Waals surface area contributed by atoms with Crippen LogP contribution < -0.4 is 5.73 Å². The molecule has 106 valence electrons. The Kier molecular flexibility index (Phi) is 3.34. The summed E-state index contributed by atoms with van der Waals surface area (Å²) < 4.78 is 5.41. The van der Waals surface area contributed by atoms with E-state index < -0.39 is 0 Å². The largest absolute Gasteiger partial charge is 0.338 e. The Bertz CT molecular complexity index is 574. The van der Waals surface area contributed by atoms with Crippen molar-refractivity contribution < 1.29 is 4.52 Å². The predicted octanol–water partition coefficient (Wildman–Crippen LogP) is 3.20. The van der Waals surface area contributed by atoms with Gasteiger partial charge in [0.2, 0.25) is 5.89 Å². The average Bonchev–Trinajstić information content (AvgIpc) is 3.17. The summed E-state index contributed by atoms with van der Waals surface area (Å²) in [5, 5.41) is 4.20. The molecule has 0 amide bonds. The Balaban J connectivity index is 1.88. The minimum atomic E-state index is -0.173. The molecule has 2 atom stereocenters. The van der Waals surface area contributed by atoms with E-state index in [9.17, 15) is 0 Å². The fourth-order valence-electron chi connectivity index (χ4n) is 2.59. The number of aromatic nitrogens is 2. The van der Waals surface area contributed by atoms with Crippen LogP contribution in [0.1, 0.15) is 56.4 Å². The van der Waals surface area contributed by atoms with Gasteiger partial charge >= 0.3 is 0 Å². The second-order valence-electron chi connectivity index (χ2n) is 5.82. The predicted molar refractivity (Wildman–Crippen MR) is 77.1 cm³/mol. The SMILES string of the molecule is CCC(C)[C@H](N)c1nc(C2(c3ccccc3)CC2)no1. The van der Waals surface area contributed by atoms with Gasteiger partial charge in [-0.3, -0.25) is 0 Å². The highest BCUT2D eigenvalue weighted by molar-refractivity contribution is 5.38. The van der Waals surface area contributed by atoms with Crippen LogP contribution in [0, 0.1) is 5.92 Å². The van der Waals surface area contributed by atoms with E-state index in [-0.39, 0.29) is 11.5 Å². The Morgan fingerprint density at radius 2 is 2.00 bits per heavy atom. The van der Waals surface area contributed by atoms with Crippen LogP contribution >= 0.6 is 0 Å². The topological polar surface area (TPSA) is 64.9 Å². The number of hydrogen-bond acceptors (Lipinski definition) is 4. The lowest BCUT2D eigenvalue weighted by atomic mass is 9.95. The summed E-state index contributed by atoms with van der Waals surface area (Å²) in [7, 11) is 0. The van der Waals surface area contributed by atoms with E-state index >= 15 is 0 Å². The molecule has 0 radical (unpaired) electrons. The van der Waals surface area contributed by atoms with E-state index in [4.69, 9.17) is 10.3 Å². The molecule has 0 bridgehead atoms. The lowest BCUT2D eigenvalue weighted by molar-refractivity contribution is 0.309. The van der Waals surface area contributed by atoms with E-state index in [0.717, 1.165) is 25.1 Å². The number of nitrogens with two attached hydrogens (primary N) is 1. The summed E-state index contributed by atoms with van der Waals surface area (Å²) in [6.45, 7) is 4.23. The fourth-order valence-corrected chi connectivity index (χ4v) is 2.59. The zero-order valence-corrected chi connectivity index (χ0v) is 12.0. The van der Waals surface area contributed by atoms with E-state index in [0.29, 0.717) is 11.8 Å². The van der Waals surface area contributed by atoms with Crippen LogP contribution in [0.4, 0.5) is 0 Å². The number of nitrogens with zero attached hydrogens (tertiary/aromatic N) is 2. The van der Waals surface area contributed by atoms with Crippen LogP contribution in [0.15, 0.2) is 34.9 Å². The van der Waals surface area contributed by atoms with E-state index in [1.807, 2.05) is 6.07 Å². The first-order chi connectivity index (χ1) is 9.67. The number of rotatable bonds is 5. The molecule has 0 aliphatic heterocycles. The van der Waals surface area contributed by atoms with Gasteiger partial charge in [-0.25, -0.2) is 0 Å². The van der Waals surface area contributed by atoms with Gasteiger partial charge in [0.25, 0.3) is 0 Å². The van der Waals surface area contributed by atoms with Crippen molar-refractivity contribution in [3.8, 4) is 0 Å². The van der Waals surface area contributed by atoms with E-state index in [2.05, 4.69) is 48.3 Å². The van der Waals surface area contributed by atoms with Gasteiger partial charge in [0.1, 0.15) is 0 Å². The van der Waals surface area contributed by atoms with Gasteiger partial charge in [-0.15, -0.1) is 0 Å². The molecule has 4 nitrogen and oxygen atoms in total. The minimum Gasteiger partial charge on any atom is -0.338 e. The molecular formula is C16H21N3O. The summed E-state index contributed by atoms with van der Waals surface area (Å²) in [6, 6.07) is 10.2. The molecule has 0 spiro atoms. The normalized spacial score (nSPS) is 19.6. The Morgan fingerprint density at radius 3 is 2.60 bits per heavy atom. The van der Waals surface area contributed by atoms with E-state index in [1.165, 1.54) is 5.56 Å². The smallest absolute Gasteiger partial charge is 0.243 e.